The van der Waals surface area contributed by atoms with Gasteiger partial charge in [-0.1, -0.05) is 0 Å². The van der Waals surface area contributed by atoms with Gasteiger partial charge in [0.25, 0.3) is 0 Å². The van der Waals surface area contributed by atoms with E-state index in [9.17, 15) is 4.79 Å². The molecule has 0 aliphatic carbocycles. The van der Waals surface area contributed by atoms with Crippen LogP contribution in [-0.2, 0) is 11.3 Å². The molecule has 0 unspecified atom stereocenters. The Kier molecular flexibility index (Phi) is 11.4. The van der Waals surface area contributed by atoms with Crippen LogP contribution in [0.4, 0.5) is 0 Å². The first kappa shape index (κ1) is 25.0. The van der Waals surface area contributed by atoms with Crippen molar-refractivity contribution < 1.29 is 14.3 Å². The van der Waals surface area contributed by atoms with E-state index in [1.54, 1.807) is 13.3 Å². The van der Waals surface area contributed by atoms with Gasteiger partial charge in [0.1, 0.15) is 11.5 Å². The van der Waals surface area contributed by atoms with Crippen LogP contribution in [0.5, 0.6) is 17.4 Å². The van der Waals surface area contributed by atoms with Crippen molar-refractivity contribution in [3.05, 3.63) is 48.2 Å². The Hall–Kier alpha value is -2.02. The lowest BCUT2D eigenvalue weighted by Gasteiger charge is -2.22. The number of carbonyl (C=O) groups excluding carboxylic acids is 1. The van der Waals surface area contributed by atoms with Crippen LogP contribution < -0.4 is 20.1 Å². The van der Waals surface area contributed by atoms with E-state index in [2.05, 4.69) is 15.6 Å². The molecule has 160 valence electrons. The summed E-state index contributed by atoms with van der Waals surface area (Å²) < 4.78 is 10.9. The van der Waals surface area contributed by atoms with Crippen LogP contribution in [0.1, 0.15) is 31.2 Å². The van der Waals surface area contributed by atoms with Crippen molar-refractivity contribution in [3.8, 4) is 17.4 Å². The number of methoxy groups -OCH3 is 1. The van der Waals surface area contributed by atoms with E-state index in [0.717, 1.165) is 30.8 Å². The highest BCUT2D eigenvalue weighted by Crippen LogP contribution is 2.23. The zero-order valence-corrected chi connectivity index (χ0v) is 18.2. The van der Waals surface area contributed by atoms with Gasteiger partial charge in [-0.3, -0.25) is 4.79 Å². The largest absolute Gasteiger partial charge is 0.497 e. The predicted octanol–water partition coefficient (Wildman–Crippen LogP) is 4.12. The Morgan fingerprint density at radius 1 is 1.14 bits per heavy atom. The molecule has 0 bridgehead atoms. The summed E-state index contributed by atoms with van der Waals surface area (Å²) in [6.45, 7) is 2.62. The maximum absolute atomic E-state index is 12.1. The number of amides is 1. The van der Waals surface area contributed by atoms with E-state index < -0.39 is 0 Å². The Bertz CT molecular complexity index is 738. The van der Waals surface area contributed by atoms with E-state index in [1.165, 1.54) is 12.8 Å². The van der Waals surface area contributed by atoms with Gasteiger partial charge < -0.3 is 20.1 Å². The third-order valence-corrected chi connectivity index (χ3v) is 4.81. The molecule has 0 atom stereocenters. The molecule has 1 aromatic carbocycles. The molecule has 8 heteroatoms. The summed E-state index contributed by atoms with van der Waals surface area (Å²) in [6.07, 6.45) is 5.59. The number of nitrogens with one attached hydrogen (secondary N) is 2. The molecule has 0 saturated carbocycles. The predicted molar refractivity (Wildman–Crippen MR) is 118 cm³/mol. The first-order valence-corrected chi connectivity index (χ1v) is 9.47. The number of aromatic nitrogens is 1. The first-order chi connectivity index (χ1) is 13.2. The maximum atomic E-state index is 12.1. The summed E-state index contributed by atoms with van der Waals surface area (Å²) in [5.41, 5.74) is 0.962. The molecule has 0 radical (unpaired) electrons. The quantitative estimate of drug-likeness (QED) is 0.644. The molecule has 1 aromatic heterocycles. The minimum absolute atomic E-state index is 0. The summed E-state index contributed by atoms with van der Waals surface area (Å²) in [5, 5.41) is 6.34. The van der Waals surface area contributed by atoms with Crippen molar-refractivity contribution in [3.63, 3.8) is 0 Å². The Morgan fingerprint density at radius 2 is 1.83 bits per heavy atom. The SMILES string of the molecule is COc1ccc(Oc2cc(CNC(=O)CCC3CCNCC3)ccn2)cc1.Cl.Cl. The molecular weight excluding hydrogens is 413 g/mol. The van der Waals surface area contributed by atoms with Gasteiger partial charge in [0.05, 0.1) is 7.11 Å². The van der Waals surface area contributed by atoms with Gasteiger partial charge in [-0.2, -0.15) is 0 Å². The number of ether oxygens (including phenoxy) is 2. The maximum Gasteiger partial charge on any atom is 0.220 e. The minimum atomic E-state index is 0. The molecule has 29 heavy (non-hydrogen) atoms. The third-order valence-electron chi connectivity index (χ3n) is 4.81. The van der Waals surface area contributed by atoms with Crippen molar-refractivity contribution in [2.45, 2.75) is 32.2 Å². The van der Waals surface area contributed by atoms with Crippen molar-refractivity contribution in [1.82, 2.24) is 15.6 Å². The molecule has 1 aliphatic rings. The molecule has 3 rings (SSSR count). The first-order valence-electron chi connectivity index (χ1n) is 9.47. The zero-order valence-electron chi connectivity index (χ0n) is 16.6. The van der Waals surface area contributed by atoms with Crippen LogP contribution in [-0.4, -0.2) is 31.1 Å². The monoisotopic (exact) mass is 441 g/mol. The van der Waals surface area contributed by atoms with Crippen LogP contribution in [0, 0.1) is 5.92 Å². The lowest BCUT2D eigenvalue weighted by molar-refractivity contribution is -0.121. The fourth-order valence-corrected chi connectivity index (χ4v) is 3.18. The molecular formula is C21H29Cl2N3O3. The van der Waals surface area contributed by atoms with E-state index in [1.807, 2.05) is 36.4 Å². The lowest BCUT2D eigenvalue weighted by atomic mass is 9.93. The average molecular weight is 442 g/mol. The Morgan fingerprint density at radius 3 is 2.52 bits per heavy atom. The van der Waals surface area contributed by atoms with E-state index in [-0.39, 0.29) is 30.7 Å². The molecule has 1 amide bonds. The van der Waals surface area contributed by atoms with Gasteiger partial charge in [-0.05, 0) is 74.2 Å². The van der Waals surface area contributed by atoms with Crippen LogP contribution in [0.3, 0.4) is 0 Å². The molecule has 2 aromatic rings. The fraction of sp³-hybridized carbons (Fsp3) is 0.429. The smallest absolute Gasteiger partial charge is 0.220 e. The van der Waals surface area contributed by atoms with Crippen molar-refractivity contribution >= 4 is 30.7 Å². The van der Waals surface area contributed by atoms with Crippen LogP contribution >= 0.6 is 24.8 Å². The van der Waals surface area contributed by atoms with Crippen molar-refractivity contribution in [1.29, 1.82) is 0 Å². The number of hydrogen-bond donors (Lipinski definition) is 2. The van der Waals surface area contributed by atoms with E-state index in [4.69, 9.17) is 9.47 Å². The molecule has 2 N–H and O–H groups in total. The number of benzene rings is 1. The topological polar surface area (TPSA) is 72.5 Å². The zero-order chi connectivity index (χ0) is 18.9. The molecule has 6 nitrogen and oxygen atoms in total. The number of rotatable bonds is 8. The van der Waals surface area contributed by atoms with Gasteiger partial charge in [-0.25, -0.2) is 4.98 Å². The highest BCUT2D eigenvalue weighted by Gasteiger charge is 2.14. The van der Waals surface area contributed by atoms with Gasteiger partial charge >= 0.3 is 0 Å². The summed E-state index contributed by atoms with van der Waals surface area (Å²) in [5.74, 6) is 2.73. The van der Waals surface area contributed by atoms with Crippen LogP contribution in [0.2, 0.25) is 0 Å². The molecule has 1 saturated heterocycles. The fourth-order valence-electron chi connectivity index (χ4n) is 3.18. The second-order valence-electron chi connectivity index (χ2n) is 6.79. The minimum Gasteiger partial charge on any atom is -0.497 e. The van der Waals surface area contributed by atoms with E-state index in [0.29, 0.717) is 30.5 Å². The Labute approximate surface area is 184 Å². The number of hydrogen-bond acceptors (Lipinski definition) is 5. The lowest BCUT2D eigenvalue weighted by Crippen LogP contribution is -2.29. The number of pyridine rings is 1. The Balaban J connectivity index is 0.00000210. The van der Waals surface area contributed by atoms with Crippen LogP contribution in [0.25, 0.3) is 0 Å². The molecule has 1 aliphatic heterocycles. The van der Waals surface area contributed by atoms with Gasteiger partial charge in [0.15, 0.2) is 0 Å². The van der Waals surface area contributed by atoms with Crippen molar-refractivity contribution in [2.24, 2.45) is 5.92 Å². The molecule has 0 spiro atoms. The number of halogens is 2. The highest BCUT2D eigenvalue weighted by atomic mass is 35.5. The average Bonchev–Trinajstić information content (AvgIpc) is 2.72. The summed E-state index contributed by atoms with van der Waals surface area (Å²) >= 11 is 0. The highest BCUT2D eigenvalue weighted by molar-refractivity contribution is 5.85. The standard InChI is InChI=1S/C21H27N3O3.2ClH/c1-26-18-3-5-19(6-4-18)27-21-14-17(10-13-23-21)15-24-20(25)7-2-16-8-11-22-12-9-16;;/h3-6,10,13-14,16,22H,2,7-9,11-12,15H2,1H3,(H,24,25);2*1H. The summed E-state index contributed by atoms with van der Waals surface area (Å²) in [4.78, 5) is 16.3. The van der Waals surface area contributed by atoms with Gasteiger partial charge in [-0.15, -0.1) is 24.8 Å². The summed E-state index contributed by atoms with van der Waals surface area (Å²) in [6, 6.07) is 11.1. The summed E-state index contributed by atoms with van der Waals surface area (Å²) in [7, 11) is 1.63. The number of nitrogens with zero attached hydrogens (tertiary/aromatic N) is 1. The van der Waals surface area contributed by atoms with Gasteiger partial charge in [0, 0.05) is 25.2 Å². The van der Waals surface area contributed by atoms with Gasteiger partial charge in [0.2, 0.25) is 11.8 Å². The van der Waals surface area contributed by atoms with Crippen molar-refractivity contribution in [2.75, 3.05) is 20.2 Å². The van der Waals surface area contributed by atoms with E-state index >= 15 is 0 Å². The number of carbonyl (C=O) groups is 1. The third kappa shape index (κ3) is 8.48. The normalized spacial score (nSPS) is 13.6. The van der Waals surface area contributed by atoms with Crippen LogP contribution in [0.15, 0.2) is 42.6 Å². The second-order valence-corrected chi connectivity index (χ2v) is 6.79. The number of piperidine rings is 1. The second kappa shape index (κ2) is 13.2. The molecule has 1 fully saturated rings. The molecule has 2 heterocycles.